The summed E-state index contributed by atoms with van der Waals surface area (Å²) < 4.78 is 11.0. The van der Waals surface area contributed by atoms with Gasteiger partial charge in [-0.1, -0.05) is 77.8 Å². The molecule has 2 atom stereocenters. The lowest BCUT2D eigenvalue weighted by molar-refractivity contribution is -0.133. The molecule has 0 saturated heterocycles. The predicted molar refractivity (Wildman–Crippen MR) is 192 cm³/mol. The summed E-state index contributed by atoms with van der Waals surface area (Å²) in [4.78, 5) is 55.5. The Morgan fingerprint density at radius 1 is 0.784 bits per heavy atom. The summed E-state index contributed by atoms with van der Waals surface area (Å²) in [5, 5.41) is 15.5. The molecular formula is C39H37Cl2N3O7. The summed E-state index contributed by atoms with van der Waals surface area (Å²) in [5.74, 6) is -0.215. The highest BCUT2D eigenvalue weighted by Crippen LogP contribution is 2.33. The fraction of sp³-hybridized carbons (Fsp3) is 0.282. The van der Waals surface area contributed by atoms with Crippen molar-refractivity contribution in [2.24, 2.45) is 0 Å². The maximum Gasteiger partial charge on any atom is 0.261 e. The van der Waals surface area contributed by atoms with Gasteiger partial charge in [-0.05, 0) is 72.4 Å². The third kappa shape index (κ3) is 8.89. The monoisotopic (exact) mass is 729 g/mol. The number of imide groups is 1. The number of amides is 4. The largest absolute Gasteiger partial charge is 0.454 e. The van der Waals surface area contributed by atoms with Gasteiger partial charge in [0.15, 0.2) is 11.5 Å². The molecule has 0 unspecified atom stereocenters. The Kier molecular flexibility index (Phi) is 11.6. The van der Waals surface area contributed by atoms with E-state index in [1.54, 1.807) is 41.3 Å². The lowest BCUT2D eigenvalue weighted by atomic mass is 10.00. The third-order valence-electron chi connectivity index (χ3n) is 9.03. The SMILES string of the molecule is O=C(CCN1C(=O)c2ccccc2C1=O)N[C@@H](Cc1ccccc1)[C@@H](O)CN(CCc1ccc2c(c1)OCO2)C(=O)CCc1ccc(Cl)c(Cl)c1. The molecule has 0 aliphatic carbocycles. The van der Waals surface area contributed by atoms with Gasteiger partial charge >= 0.3 is 0 Å². The molecule has 4 amide bonds. The van der Waals surface area contributed by atoms with Crippen LogP contribution in [0.25, 0.3) is 0 Å². The number of carbonyl (C=O) groups is 4. The predicted octanol–water partition coefficient (Wildman–Crippen LogP) is 5.50. The van der Waals surface area contributed by atoms with Crippen LogP contribution < -0.4 is 14.8 Å². The Bertz CT molecular complexity index is 1890. The molecule has 2 aliphatic rings. The lowest BCUT2D eigenvalue weighted by Gasteiger charge is -2.31. The topological polar surface area (TPSA) is 125 Å². The zero-order valence-electron chi connectivity index (χ0n) is 27.7. The molecule has 0 spiro atoms. The van der Waals surface area contributed by atoms with Crippen LogP contribution in [0.15, 0.2) is 91.0 Å². The second kappa shape index (κ2) is 16.4. The van der Waals surface area contributed by atoms with Gasteiger partial charge in [-0.15, -0.1) is 0 Å². The average Bonchev–Trinajstić information content (AvgIpc) is 3.70. The van der Waals surface area contributed by atoms with E-state index in [0.717, 1.165) is 21.6 Å². The summed E-state index contributed by atoms with van der Waals surface area (Å²) in [6.07, 6.45) is 0.0291. The van der Waals surface area contributed by atoms with Gasteiger partial charge in [-0.2, -0.15) is 0 Å². The van der Waals surface area contributed by atoms with Gasteiger partial charge in [-0.25, -0.2) is 0 Å². The number of hydrogen-bond acceptors (Lipinski definition) is 7. The Balaban J connectivity index is 1.15. The van der Waals surface area contributed by atoms with E-state index in [1.165, 1.54) is 0 Å². The molecule has 0 fully saturated rings. The van der Waals surface area contributed by atoms with Gasteiger partial charge in [0.25, 0.3) is 11.8 Å². The van der Waals surface area contributed by atoms with Gasteiger partial charge in [0, 0.05) is 32.5 Å². The van der Waals surface area contributed by atoms with Crippen molar-refractivity contribution in [1.82, 2.24) is 15.1 Å². The third-order valence-corrected chi connectivity index (χ3v) is 9.77. The molecular weight excluding hydrogens is 693 g/mol. The Labute approximate surface area is 305 Å². The van der Waals surface area contributed by atoms with E-state index in [0.29, 0.717) is 52.1 Å². The molecule has 264 valence electrons. The molecule has 0 radical (unpaired) electrons. The number of aliphatic hydroxyl groups excluding tert-OH is 1. The summed E-state index contributed by atoms with van der Waals surface area (Å²) in [5.41, 5.74) is 3.27. The molecule has 4 aromatic rings. The van der Waals surface area contributed by atoms with E-state index >= 15 is 0 Å². The minimum atomic E-state index is -1.15. The highest BCUT2D eigenvalue weighted by Gasteiger charge is 2.35. The number of rotatable bonds is 15. The quantitative estimate of drug-likeness (QED) is 0.155. The molecule has 2 N–H and O–H groups in total. The Hall–Kier alpha value is -4.90. The fourth-order valence-corrected chi connectivity index (χ4v) is 6.54. The van der Waals surface area contributed by atoms with Gasteiger partial charge in [0.05, 0.1) is 33.3 Å². The van der Waals surface area contributed by atoms with Crippen LogP contribution in [0.3, 0.4) is 0 Å². The second-order valence-electron chi connectivity index (χ2n) is 12.5. The van der Waals surface area contributed by atoms with Crippen molar-refractivity contribution in [3.05, 3.63) is 129 Å². The molecule has 6 rings (SSSR count). The maximum absolute atomic E-state index is 13.8. The Morgan fingerprint density at radius 2 is 1.45 bits per heavy atom. The van der Waals surface area contributed by atoms with E-state index in [4.69, 9.17) is 32.7 Å². The number of carbonyl (C=O) groups excluding carboxylic acids is 4. The van der Waals surface area contributed by atoms with E-state index in [2.05, 4.69) is 5.32 Å². The summed E-state index contributed by atoms with van der Waals surface area (Å²) in [6.45, 7) is 0.280. The van der Waals surface area contributed by atoms with Gasteiger partial charge < -0.3 is 24.8 Å². The van der Waals surface area contributed by atoms with E-state index in [9.17, 15) is 24.3 Å². The van der Waals surface area contributed by atoms with Crippen LogP contribution in [0, 0.1) is 0 Å². The van der Waals surface area contributed by atoms with Crippen LogP contribution in [0.4, 0.5) is 0 Å². The first-order chi connectivity index (χ1) is 24.7. The zero-order chi connectivity index (χ0) is 35.9. The first-order valence-electron chi connectivity index (χ1n) is 16.7. The van der Waals surface area contributed by atoms with Crippen molar-refractivity contribution < 1.29 is 33.8 Å². The summed E-state index contributed by atoms with van der Waals surface area (Å²) in [6, 6.07) is 26.0. The minimum Gasteiger partial charge on any atom is -0.454 e. The van der Waals surface area contributed by atoms with Crippen molar-refractivity contribution in [3.8, 4) is 11.5 Å². The number of ether oxygens (including phenoxy) is 2. The molecule has 0 aromatic heterocycles. The number of benzene rings is 4. The van der Waals surface area contributed by atoms with Crippen molar-refractivity contribution >= 4 is 46.8 Å². The smallest absolute Gasteiger partial charge is 0.261 e. The van der Waals surface area contributed by atoms with Crippen LogP contribution in [-0.4, -0.2) is 77.1 Å². The first-order valence-corrected chi connectivity index (χ1v) is 17.5. The van der Waals surface area contributed by atoms with Crippen LogP contribution in [0.1, 0.15) is 50.2 Å². The van der Waals surface area contributed by atoms with E-state index in [1.807, 2.05) is 54.6 Å². The van der Waals surface area contributed by atoms with Crippen molar-refractivity contribution in [1.29, 1.82) is 0 Å². The van der Waals surface area contributed by atoms with Crippen LogP contribution >= 0.6 is 23.2 Å². The number of nitrogens with zero attached hydrogens (tertiary/aromatic N) is 2. The molecule has 0 saturated carbocycles. The maximum atomic E-state index is 13.8. The van der Waals surface area contributed by atoms with Gasteiger partial charge in [0.2, 0.25) is 18.6 Å². The van der Waals surface area contributed by atoms with Crippen LogP contribution in [0.2, 0.25) is 10.0 Å². The molecule has 4 aromatic carbocycles. The average molecular weight is 731 g/mol. The van der Waals surface area contributed by atoms with Gasteiger partial charge in [-0.3, -0.25) is 24.1 Å². The Morgan fingerprint density at radius 3 is 2.18 bits per heavy atom. The van der Waals surface area contributed by atoms with E-state index < -0.39 is 29.9 Å². The number of halogens is 2. The lowest BCUT2D eigenvalue weighted by Crippen LogP contribution is -2.51. The number of aryl methyl sites for hydroxylation is 1. The fourth-order valence-electron chi connectivity index (χ4n) is 6.22. The summed E-state index contributed by atoms with van der Waals surface area (Å²) in [7, 11) is 0. The number of aliphatic hydroxyl groups is 1. The van der Waals surface area contributed by atoms with Crippen LogP contribution in [-0.2, 0) is 28.9 Å². The highest BCUT2D eigenvalue weighted by atomic mass is 35.5. The number of nitrogens with one attached hydrogen (secondary N) is 1. The molecule has 2 aliphatic heterocycles. The van der Waals surface area contributed by atoms with Crippen molar-refractivity contribution in [2.75, 3.05) is 26.4 Å². The molecule has 51 heavy (non-hydrogen) atoms. The van der Waals surface area contributed by atoms with Gasteiger partial charge in [0.1, 0.15) is 0 Å². The molecule has 2 heterocycles. The van der Waals surface area contributed by atoms with Crippen molar-refractivity contribution in [2.45, 2.75) is 44.2 Å². The minimum absolute atomic E-state index is 0.0546. The summed E-state index contributed by atoms with van der Waals surface area (Å²) >= 11 is 12.3. The normalized spacial score (nSPS) is 14.3. The molecule has 10 nitrogen and oxygen atoms in total. The van der Waals surface area contributed by atoms with Crippen molar-refractivity contribution in [3.63, 3.8) is 0 Å². The zero-order valence-corrected chi connectivity index (χ0v) is 29.2. The first kappa shape index (κ1) is 35.9. The highest BCUT2D eigenvalue weighted by molar-refractivity contribution is 6.42. The van der Waals surface area contributed by atoms with Crippen LogP contribution in [0.5, 0.6) is 11.5 Å². The molecule has 12 heteroatoms. The number of fused-ring (bicyclic) bond motifs is 2. The van der Waals surface area contributed by atoms with E-state index in [-0.39, 0.29) is 45.1 Å². The molecule has 0 bridgehead atoms. The standard InChI is InChI=1S/C39H37Cl2N3O7/c40-30-13-10-26(20-31(30)41)12-15-37(47)43(18-16-27-11-14-34-35(22-27)51-24-50-34)23-33(45)32(21-25-6-2-1-3-7-25)42-36(46)17-19-44-38(48)28-8-4-5-9-29(28)39(44)49/h1-11,13-14,20,22,32-33,45H,12,15-19,21,23-24H2,(H,42,46)/t32-,33-/m0/s1. The number of hydrogen-bond donors (Lipinski definition) is 2. The second-order valence-corrected chi connectivity index (χ2v) is 13.3.